The van der Waals surface area contributed by atoms with Crippen molar-refractivity contribution < 1.29 is 4.79 Å². The Morgan fingerprint density at radius 2 is 1.60 bits per heavy atom. The Labute approximate surface area is 182 Å². The van der Waals surface area contributed by atoms with Gasteiger partial charge in [-0.25, -0.2) is 0 Å². The number of para-hydroxylation sites is 1. The van der Waals surface area contributed by atoms with Crippen LogP contribution in [0.25, 0.3) is 0 Å². The van der Waals surface area contributed by atoms with Gasteiger partial charge in [-0.15, -0.1) is 0 Å². The smallest absolute Gasteiger partial charge is 0.246 e. The molecule has 1 heterocycles. The standard InChI is InChI=1S/C27H38N2O/c1-18(2)21-13-10-14-22(19(3)4)24(21)28-26(30)25-23-12-9-8-11-20(23)15-16-29(25)17-27(5,6)7/h8-14,18-19,25H,15-17H2,1-7H3,(H,28,30). The molecule has 3 nitrogen and oxygen atoms in total. The van der Waals surface area contributed by atoms with Crippen molar-refractivity contribution in [2.75, 3.05) is 18.4 Å². The maximum Gasteiger partial charge on any atom is 0.246 e. The van der Waals surface area contributed by atoms with Crippen molar-refractivity contribution in [1.29, 1.82) is 0 Å². The van der Waals surface area contributed by atoms with E-state index in [9.17, 15) is 4.79 Å². The van der Waals surface area contributed by atoms with Gasteiger partial charge in [0.15, 0.2) is 0 Å². The Balaban J connectivity index is 2.02. The molecule has 1 aliphatic rings. The largest absolute Gasteiger partial charge is 0.324 e. The second-order valence-electron chi connectivity index (χ2n) is 10.5. The first-order valence-electron chi connectivity index (χ1n) is 11.3. The summed E-state index contributed by atoms with van der Waals surface area (Å²) in [6.07, 6.45) is 0.996. The number of amides is 1. The second-order valence-corrected chi connectivity index (χ2v) is 10.5. The molecule has 1 unspecified atom stereocenters. The molecule has 1 amide bonds. The number of hydrogen-bond acceptors (Lipinski definition) is 2. The van der Waals surface area contributed by atoms with E-state index in [1.807, 2.05) is 0 Å². The molecule has 1 aliphatic heterocycles. The lowest BCUT2D eigenvalue weighted by atomic mass is 9.88. The lowest BCUT2D eigenvalue weighted by Gasteiger charge is -2.40. The molecule has 0 aromatic heterocycles. The number of nitrogens with one attached hydrogen (secondary N) is 1. The molecule has 3 heteroatoms. The predicted octanol–water partition coefficient (Wildman–Crippen LogP) is 6.52. The van der Waals surface area contributed by atoms with Gasteiger partial charge in [0.2, 0.25) is 5.91 Å². The average Bonchev–Trinajstić information content (AvgIpc) is 2.66. The summed E-state index contributed by atoms with van der Waals surface area (Å²) in [5.41, 5.74) is 6.00. The summed E-state index contributed by atoms with van der Waals surface area (Å²) >= 11 is 0. The normalized spacial score (nSPS) is 17.3. The molecule has 0 spiro atoms. The van der Waals surface area contributed by atoms with Gasteiger partial charge >= 0.3 is 0 Å². The fraction of sp³-hybridized carbons (Fsp3) is 0.519. The molecule has 0 fully saturated rings. The third-order valence-corrected chi connectivity index (χ3v) is 5.93. The molecule has 1 N–H and O–H groups in total. The number of nitrogens with zero attached hydrogens (tertiary/aromatic N) is 1. The number of benzene rings is 2. The maximum absolute atomic E-state index is 13.8. The van der Waals surface area contributed by atoms with Crippen LogP contribution in [0.1, 0.15) is 88.6 Å². The first-order chi connectivity index (χ1) is 14.1. The van der Waals surface area contributed by atoms with Crippen molar-refractivity contribution in [3.05, 3.63) is 64.7 Å². The van der Waals surface area contributed by atoms with E-state index in [2.05, 4.69) is 101 Å². The molecule has 162 valence electrons. The van der Waals surface area contributed by atoms with Gasteiger partial charge in [0, 0.05) is 18.8 Å². The Bertz CT molecular complexity index is 866. The minimum absolute atomic E-state index is 0.0846. The van der Waals surface area contributed by atoms with Gasteiger partial charge in [-0.1, -0.05) is 90.9 Å². The Morgan fingerprint density at radius 1 is 1.00 bits per heavy atom. The lowest BCUT2D eigenvalue weighted by molar-refractivity contribution is -0.122. The van der Waals surface area contributed by atoms with Crippen LogP contribution >= 0.6 is 0 Å². The highest BCUT2D eigenvalue weighted by molar-refractivity contribution is 5.97. The van der Waals surface area contributed by atoms with Crippen LogP contribution in [0.4, 0.5) is 5.69 Å². The molecule has 2 aromatic carbocycles. The van der Waals surface area contributed by atoms with Gasteiger partial charge in [-0.3, -0.25) is 9.69 Å². The highest BCUT2D eigenvalue weighted by Crippen LogP contribution is 2.36. The summed E-state index contributed by atoms with van der Waals surface area (Å²) in [5.74, 6) is 0.785. The zero-order valence-electron chi connectivity index (χ0n) is 19.8. The van der Waals surface area contributed by atoms with Crippen molar-refractivity contribution in [2.45, 2.75) is 72.8 Å². The third-order valence-electron chi connectivity index (χ3n) is 5.93. The number of carbonyl (C=O) groups is 1. The SMILES string of the molecule is CC(C)c1cccc(C(C)C)c1NC(=O)C1c2ccccc2CCN1CC(C)(C)C. The number of fused-ring (bicyclic) bond motifs is 1. The molecule has 2 aromatic rings. The van der Waals surface area contributed by atoms with E-state index in [1.165, 1.54) is 16.7 Å². The van der Waals surface area contributed by atoms with E-state index < -0.39 is 0 Å². The summed E-state index contributed by atoms with van der Waals surface area (Å²) < 4.78 is 0. The zero-order chi connectivity index (χ0) is 22.1. The third kappa shape index (κ3) is 4.95. The molecule has 0 bridgehead atoms. The van der Waals surface area contributed by atoms with Crippen LogP contribution < -0.4 is 5.32 Å². The molecule has 1 atom stereocenters. The number of carbonyl (C=O) groups excluding carboxylic acids is 1. The average molecular weight is 407 g/mol. The Kier molecular flexibility index (Phi) is 6.71. The molecular formula is C27H38N2O. The topological polar surface area (TPSA) is 32.3 Å². The van der Waals surface area contributed by atoms with Crippen molar-refractivity contribution in [1.82, 2.24) is 4.90 Å². The van der Waals surface area contributed by atoms with Crippen LogP contribution in [0.15, 0.2) is 42.5 Å². The lowest BCUT2D eigenvalue weighted by Crippen LogP contribution is -2.45. The Hall–Kier alpha value is -2.13. The summed E-state index contributed by atoms with van der Waals surface area (Å²) in [6.45, 7) is 17.3. The van der Waals surface area contributed by atoms with Crippen molar-refractivity contribution in [3.63, 3.8) is 0 Å². The van der Waals surface area contributed by atoms with Crippen molar-refractivity contribution >= 4 is 11.6 Å². The number of hydrogen-bond donors (Lipinski definition) is 1. The molecule has 0 saturated carbocycles. The van der Waals surface area contributed by atoms with Crippen LogP contribution in [0.2, 0.25) is 0 Å². The van der Waals surface area contributed by atoms with Crippen molar-refractivity contribution in [3.8, 4) is 0 Å². The van der Waals surface area contributed by atoms with Gasteiger partial charge in [-0.05, 0) is 45.9 Å². The van der Waals surface area contributed by atoms with E-state index >= 15 is 0 Å². The predicted molar refractivity (Wildman–Crippen MR) is 127 cm³/mol. The van der Waals surface area contributed by atoms with Crippen LogP contribution in [0.5, 0.6) is 0 Å². The maximum atomic E-state index is 13.8. The second kappa shape index (κ2) is 8.93. The van der Waals surface area contributed by atoms with Gasteiger partial charge in [-0.2, -0.15) is 0 Å². The molecule has 0 aliphatic carbocycles. The molecule has 0 saturated heterocycles. The first-order valence-corrected chi connectivity index (χ1v) is 11.3. The quantitative estimate of drug-likeness (QED) is 0.613. The van der Waals surface area contributed by atoms with Crippen LogP contribution in [-0.2, 0) is 11.2 Å². The van der Waals surface area contributed by atoms with E-state index in [0.717, 1.165) is 30.8 Å². The van der Waals surface area contributed by atoms with Gasteiger partial charge in [0.1, 0.15) is 6.04 Å². The summed E-state index contributed by atoms with van der Waals surface area (Å²) in [7, 11) is 0. The van der Waals surface area contributed by atoms with Crippen LogP contribution in [0.3, 0.4) is 0 Å². The molecule has 3 rings (SSSR count). The van der Waals surface area contributed by atoms with Crippen LogP contribution in [-0.4, -0.2) is 23.9 Å². The van der Waals surface area contributed by atoms with Gasteiger partial charge in [0.25, 0.3) is 0 Å². The Morgan fingerprint density at radius 3 is 2.17 bits per heavy atom. The fourth-order valence-corrected chi connectivity index (χ4v) is 4.59. The van der Waals surface area contributed by atoms with Crippen molar-refractivity contribution in [2.24, 2.45) is 5.41 Å². The summed E-state index contributed by atoms with van der Waals surface area (Å²) in [4.78, 5) is 16.2. The zero-order valence-corrected chi connectivity index (χ0v) is 19.8. The first kappa shape index (κ1) is 22.6. The minimum atomic E-state index is -0.255. The molecular weight excluding hydrogens is 368 g/mol. The highest BCUT2D eigenvalue weighted by Gasteiger charge is 2.35. The summed E-state index contributed by atoms with van der Waals surface area (Å²) in [6, 6.07) is 14.6. The van der Waals surface area contributed by atoms with E-state index in [-0.39, 0.29) is 17.4 Å². The molecule has 0 radical (unpaired) electrons. The molecule has 30 heavy (non-hydrogen) atoms. The van der Waals surface area contributed by atoms with E-state index in [1.54, 1.807) is 0 Å². The summed E-state index contributed by atoms with van der Waals surface area (Å²) in [5, 5.41) is 3.39. The minimum Gasteiger partial charge on any atom is -0.324 e. The highest BCUT2D eigenvalue weighted by atomic mass is 16.2. The monoisotopic (exact) mass is 406 g/mol. The van der Waals surface area contributed by atoms with Crippen LogP contribution in [0, 0.1) is 5.41 Å². The van der Waals surface area contributed by atoms with Gasteiger partial charge in [0.05, 0.1) is 0 Å². The van der Waals surface area contributed by atoms with Gasteiger partial charge < -0.3 is 5.32 Å². The van der Waals surface area contributed by atoms with E-state index in [4.69, 9.17) is 0 Å². The van der Waals surface area contributed by atoms with E-state index in [0.29, 0.717) is 11.8 Å². The fourth-order valence-electron chi connectivity index (χ4n) is 4.59. The number of anilines is 1. The number of rotatable bonds is 5.